The molecular formula is C14H20N2OS. The van der Waals surface area contributed by atoms with Gasteiger partial charge >= 0.3 is 0 Å². The van der Waals surface area contributed by atoms with E-state index < -0.39 is 0 Å². The van der Waals surface area contributed by atoms with Gasteiger partial charge in [-0.05, 0) is 43.2 Å². The minimum absolute atomic E-state index is 0.0104. The molecule has 0 aromatic carbocycles. The average Bonchev–Trinajstić information content (AvgIpc) is 2.74. The molecule has 2 rings (SSSR count). The summed E-state index contributed by atoms with van der Waals surface area (Å²) in [6.07, 6.45) is 4.16. The smallest absolute Gasteiger partial charge is 0.261 e. The normalized spacial score (nSPS) is 13.9. The highest BCUT2D eigenvalue weighted by molar-refractivity contribution is 7.80. The third kappa shape index (κ3) is 2.48. The molecule has 0 atom stereocenters. The van der Waals surface area contributed by atoms with Gasteiger partial charge in [-0.3, -0.25) is 4.79 Å². The summed E-state index contributed by atoms with van der Waals surface area (Å²) >= 11 is 4.98. The Morgan fingerprint density at radius 2 is 2.22 bits per heavy atom. The van der Waals surface area contributed by atoms with Crippen LogP contribution < -0.4 is 11.3 Å². The second-order valence-electron chi connectivity index (χ2n) is 5.39. The summed E-state index contributed by atoms with van der Waals surface area (Å²) in [5, 5.41) is 0. The summed E-state index contributed by atoms with van der Waals surface area (Å²) in [6.45, 7) is 5.11. The van der Waals surface area contributed by atoms with Crippen molar-refractivity contribution in [3.05, 3.63) is 33.2 Å². The van der Waals surface area contributed by atoms with Crippen LogP contribution in [0.2, 0.25) is 0 Å². The maximum atomic E-state index is 12.4. The van der Waals surface area contributed by atoms with Gasteiger partial charge in [-0.15, -0.1) is 0 Å². The summed E-state index contributed by atoms with van der Waals surface area (Å²) in [5.41, 5.74) is 8.60. The molecule has 0 saturated carbocycles. The van der Waals surface area contributed by atoms with Crippen molar-refractivity contribution in [2.24, 2.45) is 11.7 Å². The first kappa shape index (κ1) is 13.3. The van der Waals surface area contributed by atoms with E-state index in [2.05, 4.69) is 13.8 Å². The molecule has 1 heterocycles. The molecule has 0 amide bonds. The molecule has 0 bridgehead atoms. The van der Waals surface area contributed by atoms with Gasteiger partial charge in [-0.2, -0.15) is 0 Å². The van der Waals surface area contributed by atoms with Crippen LogP contribution in [0.5, 0.6) is 0 Å². The second-order valence-corrected chi connectivity index (χ2v) is 5.83. The summed E-state index contributed by atoms with van der Waals surface area (Å²) in [6, 6.07) is 1.90. The number of nitrogens with two attached hydrogens (primary N) is 1. The molecule has 18 heavy (non-hydrogen) atoms. The predicted molar refractivity (Wildman–Crippen MR) is 78.1 cm³/mol. The highest BCUT2D eigenvalue weighted by atomic mass is 32.1. The first-order valence-corrected chi connectivity index (χ1v) is 6.97. The number of aryl methyl sites for hydroxylation is 1. The fourth-order valence-electron chi connectivity index (χ4n) is 2.52. The molecule has 1 aliphatic rings. The van der Waals surface area contributed by atoms with Gasteiger partial charge in [0.2, 0.25) is 0 Å². The number of thiocarbonyl (C=S) groups is 1. The Bertz CT molecular complexity index is 531. The Balaban J connectivity index is 2.48. The van der Waals surface area contributed by atoms with Gasteiger partial charge in [0.05, 0.1) is 5.56 Å². The first-order valence-electron chi connectivity index (χ1n) is 6.56. The number of fused-ring (bicyclic) bond motifs is 1. The zero-order valence-electron chi connectivity index (χ0n) is 11.0. The zero-order valence-corrected chi connectivity index (χ0v) is 11.8. The number of aromatic nitrogens is 1. The monoisotopic (exact) mass is 264 g/mol. The van der Waals surface area contributed by atoms with Crippen LogP contribution in [-0.4, -0.2) is 9.56 Å². The fourth-order valence-corrected chi connectivity index (χ4v) is 2.67. The van der Waals surface area contributed by atoms with Crippen molar-refractivity contribution in [3.8, 4) is 0 Å². The van der Waals surface area contributed by atoms with Crippen LogP contribution in [0.1, 0.15) is 43.5 Å². The van der Waals surface area contributed by atoms with E-state index >= 15 is 0 Å². The van der Waals surface area contributed by atoms with Crippen molar-refractivity contribution >= 4 is 17.2 Å². The van der Waals surface area contributed by atoms with E-state index in [4.69, 9.17) is 18.0 Å². The van der Waals surface area contributed by atoms with E-state index in [-0.39, 0.29) is 10.5 Å². The quantitative estimate of drug-likeness (QED) is 0.846. The Morgan fingerprint density at radius 1 is 1.50 bits per heavy atom. The van der Waals surface area contributed by atoms with E-state index in [1.54, 1.807) is 0 Å². The van der Waals surface area contributed by atoms with Crippen LogP contribution in [0.4, 0.5) is 0 Å². The molecule has 1 aromatic heterocycles. The van der Waals surface area contributed by atoms with E-state index in [0.29, 0.717) is 11.5 Å². The van der Waals surface area contributed by atoms with Gasteiger partial charge in [0.25, 0.3) is 5.56 Å². The van der Waals surface area contributed by atoms with Crippen LogP contribution in [0, 0.1) is 5.92 Å². The topological polar surface area (TPSA) is 48.0 Å². The van der Waals surface area contributed by atoms with Gasteiger partial charge in [-0.25, -0.2) is 0 Å². The molecule has 0 spiro atoms. The highest BCUT2D eigenvalue weighted by Crippen LogP contribution is 2.22. The standard InChI is InChI=1S/C14H20N2OS/c1-9(2)6-7-16-12-5-3-4-10(12)8-11(13(15)18)14(16)17/h8-9H,3-7H2,1-2H3,(H2,15,18). The minimum Gasteiger partial charge on any atom is -0.389 e. The van der Waals surface area contributed by atoms with E-state index in [9.17, 15) is 4.79 Å². The van der Waals surface area contributed by atoms with Crippen molar-refractivity contribution in [2.45, 2.75) is 46.1 Å². The number of hydrogen-bond acceptors (Lipinski definition) is 2. The van der Waals surface area contributed by atoms with Gasteiger partial charge in [0.15, 0.2) is 0 Å². The molecule has 98 valence electrons. The van der Waals surface area contributed by atoms with Crippen molar-refractivity contribution in [2.75, 3.05) is 0 Å². The summed E-state index contributed by atoms with van der Waals surface area (Å²) in [4.78, 5) is 12.6. The van der Waals surface area contributed by atoms with Crippen LogP contribution >= 0.6 is 12.2 Å². The Labute approximate surface area is 113 Å². The SMILES string of the molecule is CC(C)CCn1c2c(cc(C(N)=S)c1=O)CCC2. The maximum absolute atomic E-state index is 12.4. The Kier molecular flexibility index (Phi) is 3.85. The molecule has 1 aliphatic carbocycles. The lowest BCUT2D eigenvalue weighted by Gasteiger charge is -2.15. The lowest BCUT2D eigenvalue weighted by atomic mass is 10.1. The second kappa shape index (κ2) is 5.22. The van der Waals surface area contributed by atoms with E-state index in [1.807, 2.05) is 10.6 Å². The first-order chi connectivity index (χ1) is 8.50. The average molecular weight is 264 g/mol. The van der Waals surface area contributed by atoms with Crippen molar-refractivity contribution in [1.82, 2.24) is 4.57 Å². The molecule has 3 nitrogen and oxygen atoms in total. The number of hydrogen-bond donors (Lipinski definition) is 1. The summed E-state index contributed by atoms with van der Waals surface area (Å²) in [7, 11) is 0. The molecule has 0 saturated heterocycles. The van der Waals surface area contributed by atoms with E-state index in [0.717, 1.165) is 32.2 Å². The molecule has 2 N–H and O–H groups in total. The zero-order chi connectivity index (χ0) is 13.3. The Morgan fingerprint density at radius 3 is 2.83 bits per heavy atom. The highest BCUT2D eigenvalue weighted by Gasteiger charge is 2.19. The molecule has 0 aliphatic heterocycles. The van der Waals surface area contributed by atoms with Crippen LogP contribution in [0.25, 0.3) is 0 Å². The lowest BCUT2D eigenvalue weighted by Crippen LogP contribution is -2.31. The number of rotatable bonds is 4. The molecular weight excluding hydrogens is 244 g/mol. The van der Waals surface area contributed by atoms with E-state index in [1.165, 1.54) is 11.3 Å². The maximum Gasteiger partial charge on any atom is 0.261 e. The van der Waals surface area contributed by atoms with Gasteiger partial charge in [0.1, 0.15) is 4.99 Å². The van der Waals surface area contributed by atoms with Crippen molar-refractivity contribution < 1.29 is 0 Å². The van der Waals surface area contributed by atoms with Gasteiger partial charge in [0, 0.05) is 12.2 Å². The molecule has 1 aromatic rings. The molecule has 0 fully saturated rings. The molecule has 0 radical (unpaired) electrons. The summed E-state index contributed by atoms with van der Waals surface area (Å²) < 4.78 is 1.90. The predicted octanol–water partition coefficient (Wildman–Crippen LogP) is 2.02. The number of pyridine rings is 1. The van der Waals surface area contributed by atoms with Crippen LogP contribution in [0.15, 0.2) is 10.9 Å². The third-order valence-electron chi connectivity index (χ3n) is 3.55. The van der Waals surface area contributed by atoms with Crippen LogP contribution in [-0.2, 0) is 19.4 Å². The molecule has 4 heteroatoms. The fraction of sp³-hybridized carbons (Fsp3) is 0.571. The molecule has 0 unspecified atom stereocenters. The Hall–Kier alpha value is -1.16. The number of nitrogens with zero attached hydrogens (tertiary/aromatic N) is 1. The summed E-state index contributed by atoms with van der Waals surface area (Å²) in [5.74, 6) is 0.586. The van der Waals surface area contributed by atoms with Crippen molar-refractivity contribution in [3.63, 3.8) is 0 Å². The minimum atomic E-state index is -0.0104. The third-order valence-corrected chi connectivity index (χ3v) is 3.77. The van der Waals surface area contributed by atoms with Gasteiger partial charge in [-0.1, -0.05) is 26.1 Å². The largest absolute Gasteiger partial charge is 0.389 e. The lowest BCUT2D eigenvalue weighted by molar-refractivity contribution is 0.498. The van der Waals surface area contributed by atoms with Crippen molar-refractivity contribution in [1.29, 1.82) is 0 Å². The van der Waals surface area contributed by atoms with Gasteiger partial charge < -0.3 is 10.3 Å². The van der Waals surface area contributed by atoms with Crippen LogP contribution in [0.3, 0.4) is 0 Å².